The average molecular weight is 214 g/mol. The van der Waals surface area contributed by atoms with Crippen LogP contribution in [0.5, 0.6) is 0 Å². The van der Waals surface area contributed by atoms with Crippen LogP contribution >= 0.6 is 0 Å². The van der Waals surface area contributed by atoms with Gasteiger partial charge >= 0.3 is 5.97 Å². The molecule has 1 heterocycles. The lowest BCUT2D eigenvalue weighted by Crippen LogP contribution is -2.44. The van der Waals surface area contributed by atoms with Crippen LogP contribution < -0.4 is 0 Å². The quantitative estimate of drug-likeness (QED) is 0.392. The molecule has 2 rings (SSSR count). The number of rotatable bonds is 2. The number of esters is 1. The molecule has 84 valence electrons. The van der Waals surface area contributed by atoms with E-state index in [9.17, 15) is 9.90 Å². The molecule has 0 aromatic heterocycles. The molecule has 0 aromatic rings. The molecule has 3 N–H and O–H groups in total. The topological polar surface area (TPSA) is 87.0 Å². The van der Waals surface area contributed by atoms with E-state index in [0.717, 1.165) is 0 Å². The van der Waals surface area contributed by atoms with Gasteiger partial charge in [0.05, 0.1) is 31.8 Å². The van der Waals surface area contributed by atoms with Gasteiger partial charge < -0.3 is 20.1 Å². The minimum Gasteiger partial charge on any atom is -0.465 e. The van der Waals surface area contributed by atoms with Crippen molar-refractivity contribution in [3.8, 4) is 0 Å². The summed E-state index contributed by atoms with van der Waals surface area (Å²) in [5, 5.41) is 27.9. The van der Waals surface area contributed by atoms with Crippen molar-refractivity contribution in [2.24, 2.45) is 17.8 Å². The summed E-state index contributed by atoms with van der Waals surface area (Å²) in [5.41, 5.74) is 0.693. The fourth-order valence-corrected chi connectivity index (χ4v) is 2.48. The van der Waals surface area contributed by atoms with Gasteiger partial charge in [-0.05, 0) is 5.57 Å². The average Bonchev–Trinajstić information content (AvgIpc) is 2.56. The van der Waals surface area contributed by atoms with Crippen LogP contribution in [0.4, 0.5) is 0 Å². The van der Waals surface area contributed by atoms with E-state index in [1.165, 1.54) is 0 Å². The minimum atomic E-state index is -0.776. The maximum absolute atomic E-state index is 11.3. The van der Waals surface area contributed by atoms with Crippen LogP contribution in [-0.4, -0.2) is 47.2 Å². The Balaban J connectivity index is 2.23. The van der Waals surface area contributed by atoms with Crippen LogP contribution in [0.2, 0.25) is 0 Å². The number of cyclic esters (lactones) is 1. The monoisotopic (exact) mass is 214 g/mol. The number of carbonyl (C=O) groups excluding carboxylic acids is 1. The van der Waals surface area contributed by atoms with Crippen LogP contribution in [0.25, 0.3) is 0 Å². The highest BCUT2D eigenvalue weighted by atomic mass is 16.5. The lowest BCUT2D eigenvalue weighted by Gasteiger charge is -2.34. The predicted molar refractivity (Wildman–Crippen MR) is 49.7 cm³/mol. The van der Waals surface area contributed by atoms with Crippen molar-refractivity contribution in [2.75, 3.05) is 19.8 Å². The molecule has 2 aliphatic rings. The summed E-state index contributed by atoms with van der Waals surface area (Å²) in [6, 6.07) is 0. The molecule has 4 atom stereocenters. The third kappa shape index (κ3) is 1.56. The lowest BCUT2D eigenvalue weighted by atomic mass is 9.79. The molecule has 1 saturated heterocycles. The molecule has 15 heavy (non-hydrogen) atoms. The number of carbonyl (C=O) groups is 1. The van der Waals surface area contributed by atoms with Crippen molar-refractivity contribution in [2.45, 2.75) is 6.10 Å². The maximum Gasteiger partial charge on any atom is 0.311 e. The Morgan fingerprint density at radius 1 is 1.47 bits per heavy atom. The second kappa shape index (κ2) is 3.92. The van der Waals surface area contributed by atoms with Gasteiger partial charge in [0.15, 0.2) is 0 Å². The zero-order valence-electron chi connectivity index (χ0n) is 8.17. The van der Waals surface area contributed by atoms with Crippen molar-refractivity contribution in [3.63, 3.8) is 0 Å². The van der Waals surface area contributed by atoms with Crippen LogP contribution in [0.3, 0.4) is 0 Å². The first kappa shape index (κ1) is 10.6. The highest BCUT2D eigenvalue weighted by molar-refractivity contribution is 5.74. The molecule has 0 amide bonds. The Hall–Kier alpha value is -0.910. The number of fused-ring (bicyclic) bond motifs is 1. The smallest absolute Gasteiger partial charge is 0.311 e. The largest absolute Gasteiger partial charge is 0.465 e. The van der Waals surface area contributed by atoms with Crippen molar-refractivity contribution in [1.29, 1.82) is 0 Å². The zero-order chi connectivity index (χ0) is 11.0. The Morgan fingerprint density at radius 2 is 2.20 bits per heavy atom. The van der Waals surface area contributed by atoms with Gasteiger partial charge in [0.2, 0.25) is 0 Å². The molecule has 0 radical (unpaired) electrons. The third-order valence-corrected chi connectivity index (χ3v) is 3.27. The first-order valence-electron chi connectivity index (χ1n) is 4.96. The normalized spacial score (nSPS) is 39.7. The van der Waals surface area contributed by atoms with Gasteiger partial charge in [-0.3, -0.25) is 4.79 Å². The first-order valence-corrected chi connectivity index (χ1v) is 4.96. The lowest BCUT2D eigenvalue weighted by molar-refractivity contribution is -0.164. The fraction of sp³-hybridized carbons (Fsp3) is 0.700. The zero-order valence-corrected chi connectivity index (χ0v) is 8.17. The van der Waals surface area contributed by atoms with E-state index in [0.29, 0.717) is 5.57 Å². The molecule has 0 bridgehead atoms. The third-order valence-electron chi connectivity index (χ3n) is 3.27. The fourth-order valence-electron chi connectivity index (χ4n) is 2.48. The SMILES string of the molecule is O=C1OCC2C(CO)=CC(O)C2C1CO. The first-order chi connectivity index (χ1) is 7.19. The Kier molecular flexibility index (Phi) is 2.77. The molecule has 0 saturated carbocycles. The number of hydrogen-bond donors (Lipinski definition) is 3. The molecule has 1 aliphatic carbocycles. The van der Waals surface area contributed by atoms with Crippen molar-refractivity contribution in [1.82, 2.24) is 0 Å². The molecule has 4 unspecified atom stereocenters. The van der Waals surface area contributed by atoms with Gasteiger partial charge in [0, 0.05) is 11.8 Å². The van der Waals surface area contributed by atoms with E-state index in [1.807, 2.05) is 0 Å². The molecule has 1 aliphatic heterocycles. The Morgan fingerprint density at radius 3 is 2.80 bits per heavy atom. The minimum absolute atomic E-state index is 0.145. The summed E-state index contributed by atoms with van der Waals surface area (Å²) in [6.45, 7) is -0.291. The second-order valence-electron chi connectivity index (χ2n) is 3.99. The summed E-state index contributed by atoms with van der Waals surface area (Å²) < 4.78 is 4.91. The van der Waals surface area contributed by atoms with Crippen LogP contribution in [0, 0.1) is 17.8 Å². The molecule has 0 spiro atoms. The standard InChI is InChI=1S/C10H14O5/c11-2-5-1-8(13)9-6(3-12)10(14)15-4-7(5)9/h1,6-9,11-13H,2-4H2. The van der Waals surface area contributed by atoms with Crippen molar-refractivity contribution < 1.29 is 24.9 Å². The second-order valence-corrected chi connectivity index (χ2v) is 3.99. The molecule has 5 nitrogen and oxygen atoms in total. The molecular formula is C10H14O5. The molecule has 1 fully saturated rings. The van der Waals surface area contributed by atoms with Gasteiger partial charge in [0.1, 0.15) is 0 Å². The van der Waals surface area contributed by atoms with Crippen molar-refractivity contribution in [3.05, 3.63) is 11.6 Å². The number of aliphatic hydroxyl groups excluding tert-OH is 3. The van der Waals surface area contributed by atoms with Gasteiger partial charge in [0.25, 0.3) is 0 Å². The highest BCUT2D eigenvalue weighted by Gasteiger charge is 2.47. The van der Waals surface area contributed by atoms with Crippen LogP contribution in [-0.2, 0) is 9.53 Å². The maximum atomic E-state index is 11.3. The van der Waals surface area contributed by atoms with Gasteiger partial charge in [-0.15, -0.1) is 0 Å². The van der Waals surface area contributed by atoms with Gasteiger partial charge in [-0.1, -0.05) is 6.08 Å². The molecule has 5 heteroatoms. The summed E-state index contributed by atoms with van der Waals surface area (Å²) in [5.74, 6) is -1.65. The van der Waals surface area contributed by atoms with Crippen LogP contribution in [0.1, 0.15) is 0 Å². The molecular weight excluding hydrogens is 200 g/mol. The predicted octanol–water partition coefficient (Wildman–Crippen LogP) is -1.32. The van der Waals surface area contributed by atoms with Gasteiger partial charge in [-0.2, -0.15) is 0 Å². The Bertz CT molecular complexity index is 298. The van der Waals surface area contributed by atoms with E-state index >= 15 is 0 Å². The van der Waals surface area contributed by atoms with Crippen LogP contribution in [0.15, 0.2) is 11.6 Å². The van der Waals surface area contributed by atoms with E-state index in [-0.39, 0.29) is 31.7 Å². The van der Waals surface area contributed by atoms with E-state index < -0.39 is 18.0 Å². The summed E-state index contributed by atoms with van der Waals surface area (Å²) in [4.78, 5) is 11.3. The number of ether oxygens (including phenoxy) is 1. The Labute approximate surface area is 87.0 Å². The number of aliphatic hydroxyl groups is 3. The summed E-state index contributed by atoms with van der Waals surface area (Å²) in [6.07, 6.45) is 0.780. The van der Waals surface area contributed by atoms with E-state index in [1.54, 1.807) is 6.08 Å². The number of hydrogen-bond acceptors (Lipinski definition) is 5. The highest BCUT2D eigenvalue weighted by Crippen LogP contribution is 2.40. The van der Waals surface area contributed by atoms with E-state index in [2.05, 4.69) is 0 Å². The summed E-state index contributed by atoms with van der Waals surface area (Å²) in [7, 11) is 0. The van der Waals surface area contributed by atoms with Crippen molar-refractivity contribution >= 4 is 5.97 Å². The van der Waals surface area contributed by atoms with E-state index in [4.69, 9.17) is 14.9 Å². The molecule has 0 aromatic carbocycles. The van der Waals surface area contributed by atoms with Gasteiger partial charge in [-0.25, -0.2) is 0 Å². The summed E-state index contributed by atoms with van der Waals surface area (Å²) >= 11 is 0.